The Balaban J connectivity index is 1.20. The molecule has 1 aliphatic carbocycles. The van der Waals surface area contributed by atoms with Gasteiger partial charge in [0.25, 0.3) is 0 Å². The van der Waals surface area contributed by atoms with Gasteiger partial charge >= 0.3 is 12.2 Å². The Hall–Kier alpha value is -5.65. The Morgan fingerprint density at radius 2 is 1.43 bits per heavy atom. The summed E-state index contributed by atoms with van der Waals surface area (Å²) in [5.74, 6) is -1.27. The maximum absolute atomic E-state index is 14.5. The van der Waals surface area contributed by atoms with E-state index in [1.807, 2.05) is 108 Å². The molecular weight excluding hydrogens is 795 g/mol. The molecule has 0 radical (unpaired) electrons. The first kappa shape index (κ1) is 48.4. The van der Waals surface area contributed by atoms with E-state index >= 15 is 0 Å². The summed E-state index contributed by atoms with van der Waals surface area (Å²) >= 11 is 0. The van der Waals surface area contributed by atoms with Crippen LogP contribution in [0.5, 0.6) is 0 Å². The summed E-state index contributed by atoms with van der Waals surface area (Å²) in [6.07, 6.45) is 6.27. The van der Waals surface area contributed by atoms with Gasteiger partial charge in [0.05, 0.1) is 12.0 Å². The van der Waals surface area contributed by atoms with E-state index in [9.17, 15) is 24.0 Å². The molecule has 3 aromatic carbocycles. The Labute approximate surface area is 374 Å². The molecule has 1 heterocycles. The zero-order valence-corrected chi connectivity index (χ0v) is 38.5. The Bertz CT molecular complexity index is 2010. The van der Waals surface area contributed by atoms with Crippen molar-refractivity contribution in [1.82, 2.24) is 26.2 Å². The van der Waals surface area contributed by atoms with Gasteiger partial charge in [-0.3, -0.25) is 14.4 Å². The van der Waals surface area contributed by atoms with Gasteiger partial charge in [-0.05, 0) is 120 Å². The number of ether oxygens (including phenoxy) is 2. The van der Waals surface area contributed by atoms with Crippen molar-refractivity contribution in [2.45, 2.75) is 136 Å². The second-order valence-electron chi connectivity index (χ2n) is 19.3. The SMILES string of the molecule is CC(C)C[C@@H](/C=C/[C@H](Cc1ccccc1)C(=O)N1CCC[C@H]1C(=O)N[C@@H](CCCCNC(=O)OCC1c2ccccc2-c2ccccc21)C(=O)NC(C)(C)C)NC(=O)OC(C)(C)C. The number of hydrogen-bond acceptors (Lipinski definition) is 7. The number of unbranched alkanes of at least 4 members (excludes halogenated alkanes) is 1. The van der Waals surface area contributed by atoms with E-state index in [0.717, 1.165) is 27.8 Å². The number of carbonyl (C=O) groups is 5. The maximum atomic E-state index is 14.5. The van der Waals surface area contributed by atoms with Crippen molar-refractivity contribution in [2.75, 3.05) is 19.7 Å². The number of nitrogens with one attached hydrogen (secondary N) is 4. The van der Waals surface area contributed by atoms with Crippen molar-refractivity contribution in [3.05, 3.63) is 108 Å². The first-order valence-electron chi connectivity index (χ1n) is 22.6. The second kappa shape index (κ2) is 22.1. The van der Waals surface area contributed by atoms with Crippen molar-refractivity contribution < 1.29 is 33.4 Å². The van der Waals surface area contributed by atoms with Gasteiger partial charge < -0.3 is 35.6 Å². The zero-order chi connectivity index (χ0) is 45.7. The molecule has 0 aromatic heterocycles. The van der Waals surface area contributed by atoms with Crippen LogP contribution in [0, 0.1) is 11.8 Å². The highest BCUT2D eigenvalue weighted by molar-refractivity contribution is 5.93. The molecule has 0 bridgehead atoms. The second-order valence-corrected chi connectivity index (χ2v) is 19.3. The highest BCUT2D eigenvalue weighted by Gasteiger charge is 2.38. The van der Waals surface area contributed by atoms with Crippen LogP contribution in [0.2, 0.25) is 0 Å². The monoisotopic (exact) mass is 864 g/mol. The van der Waals surface area contributed by atoms with Crippen molar-refractivity contribution in [2.24, 2.45) is 11.8 Å². The molecule has 5 rings (SSSR count). The van der Waals surface area contributed by atoms with Gasteiger partial charge in [0.2, 0.25) is 17.7 Å². The van der Waals surface area contributed by atoms with E-state index in [2.05, 4.69) is 59.4 Å². The zero-order valence-electron chi connectivity index (χ0n) is 38.5. The molecule has 4 N–H and O–H groups in total. The summed E-state index contributed by atoms with van der Waals surface area (Å²) in [6, 6.07) is 24.1. The molecule has 0 saturated carbocycles. The lowest BCUT2D eigenvalue weighted by atomic mass is 9.94. The molecule has 0 spiro atoms. The van der Waals surface area contributed by atoms with Gasteiger partial charge in [-0.15, -0.1) is 0 Å². The van der Waals surface area contributed by atoms with Crippen LogP contribution < -0.4 is 21.3 Å². The lowest BCUT2D eigenvalue weighted by molar-refractivity contribution is -0.141. The van der Waals surface area contributed by atoms with Gasteiger partial charge in [-0.25, -0.2) is 9.59 Å². The van der Waals surface area contributed by atoms with Gasteiger partial charge in [-0.2, -0.15) is 0 Å². The summed E-state index contributed by atoms with van der Waals surface area (Å²) in [6.45, 7) is 16.2. The van der Waals surface area contributed by atoms with Crippen molar-refractivity contribution in [1.29, 1.82) is 0 Å². The molecule has 1 aliphatic heterocycles. The smallest absolute Gasteiger partial charge is 0.408 e. The fourth-order valence-corrected chi connectivity index (χ4v) is 8.35. The fraction of sp³-hybridized carbons (Fsp3) is 0.510. The standard InChI is InChI=1S/C51H69N5O7/c1-34(2)31-37(53-49(61)63-51(6,7)8)28-27-36(32-35-19-10-9-11-20-35)47(59)56-30-18-26-44(56)46(58)54-43(45(57)55-50(3,4)5)25-16-17-29-52-48(60)62-33-42-40-23-14-12-21-38(40)39-22-13-15-24-41(39)42/h9-15,19-24,27-28,34,36-37,42-44H,16-18,25-26,29-33H2,1-8H3,(H,52,60)(H,53,61)(H,54,58)(H,55,57)/b28-27+/t36-,37-,43+,44+/m1/s1. The number of nitrogens with zero attached hydrogens (tertiary/aromatic N) is 1. The van der Waals surface area contributed by atoms with Gasteiger partial charge in [0.1, 0.15) is 24.3 Å². The highest BCUT2D eigenvalue weighted by Crippen LogP contribution is 2.44. The maximum Gasteiger partial charge on any atom is 0.408 e. The molecular formula is C51H69N5O7. The Morgan fingerprint density at radius 1 is 0.794 bits per heavy atom. The van der Waals surface area contributed by atoms with Crippen LogP contribution in [0.15, 0.2) is 91.0 Å². The topological polar surface area (TPSA) is 155 Å². The molecule has 340 valence electrons. The number of rotatable bonds is 18. The van der Waals surface area contributed by atoms with Crippen molar-refractivity contribution >= 4 is 29.9 Å². The quantitative estimate of drug-likeness (QED) is 0.0739. The predicted molar refractivity (Wildman–Crippen MR) is 247 cm³/mol. The number of benzene rings is 3. The minimum Gasteiger partial charge on any atom is -0.449 e. The van der Waals surface area contributed by atoms with Crippen LogP contribution in [0.3, 0.4) is 0 Å². The van der Waals surface area contributed by atoms with E-state index < -0.39 is 41.3 Å². The molecule has 3 aromatic rings. The number of hydrogen-bond donors (Lipinski definition) is 4. The lowest BCUT2D eigenvalue weighted by Crippen LogP contribution is -2.56. The third kappa shape index (κ3) is 14.7. The molecule has 12 nitrogen and oxygen atoms in total. The predicted octanol–water partition coefficient (Wildman–Crippen LogP) is 8.44. The highest BCUT2D eigenvalue weighted by atomic mass is 16.6. The summed E-state index contributed by atoms with van der Waals surface area (Å²) < 4.78 is 11.2. The number of fused-ring (bicyclic) bond motifs is 3. The molecule has 0 unspecified atom stereocenters. The van der Waals surface area contributed by atoms with E-state index in [-0.39, 0.29) is 42.2 Å². The third-order valence-corrected chi connectivity index (χ3v) is 11.1. The first-order chi connectivity index (χ1) is 29.9. The van der Waals surface area contributed by atoms with Crippen LogP contribution in [-0.2, 0) is 30.3 Å². The van der Waals surface area contributed by atoms with E-state index in [1.165, 1.54) is 0 Å². The summed E-state index contributed by atoms with van der Waals surface area (Å²) in [4.78, 5) is 69.5. The average molecular weight is 864 g/mol. The van der Waals surface area contributed by atoms with E-state index in [4.69, 9.17) is 9.47 Å². The first-order valence-corrected chi connectivity index (χ1v) is 22.6. The lowest BCUT2D eigenvalue weighted by Gasteiger charge is -2.30. The minimum absolute atomic E-state index is 0.0404. The number of carbonyl (C=O) groups excluding carboxylic acids is 5. The van der Waals surface area contributed by atoms with Gasteiger partial charge in [-0.1, -0.05) is 105 Å². The summed E-state index contributed by atoms with van der Waals surface area (Å²) in [5.41, 5.74) is 4.37. The molecule has 5 amide bonds. The van der Waals surface area contributed by atoms with Gasteiger partial charge in [0, 0.05) is 24.5 Å². The molecule has 2 aliphatic rings. The number of alkyl carbamates (subject to hydrolysis) is 2. The average Bonchev–Trinajstić information content (AvgIpc) is 3.83. The molecule has 12 heteroatoms. The van der Waals surface area contributed by atoms with E-state index in [0.29, 0.717) is 58.0 Å². The van der Waals surface area contributed by atoms with Gasteiger partial charge in [0.15, 0.2) is 0 Å². The largest absolute Gasteiger partial charge is 0.449 e. The molecule has 63 heavy (non-hydrogen) atoms. The van der Waals surface area contributed by atoms with Crippen LogP contribution >= 0.6 is 0 Å². The molecule has 1 fully saturated rings. The Kier molecular flexibility index (Phi) is 17.0. The van der Waals surface area contributed by atoms with Crippen LogP contribution in [0.4, 0.5) is 9.59 Å². The normalized spacial score (nSPS) is 16.5. The van der Waals surface area contributed by atoms with Crippen LogP contribution in [-0.4, -0.2) is 83.8 Å². The number of likely N-dealkylation sites (tertiary alicyclic amines) is 1. The van der Waals surface area contributed by atoms with E-state index in [1.54, 1.807) is 4.90 Å². The summed E-state index contributed by atoms with van der Waals surface area (Å²) in [7, 11) is 0. The van der Waals surface area contributed by atoms with Crippen molar-refractivity contribution in [3.8, 4) is 11.1 Å². The number of amides is 5. The third-order valence-electron chi connectivity index (χ3n) is 11.1. The van der Waals surface area contributed by atoms with Crippen LogP contribution in [0.1, 0.15) is 117 Å². The minimum atomic E-state index is -0.848. The van der Waals surface area contributed by atoms with Crippen LogP contribution in [0.25, 0.3) is 11.1 Å². The fourth-order valence-electron chi connectivity index (χ4n) is 8.35. The molecule has 1 saturated heterocycles. The molecule has 4 atom stereocenters. The van der Waals surface area contributed by atoms with Crippen molar-refractivity contribution in [3.63, 3.8) is 0 Å². The summed E-state index contributed by atoms with van der Waals surface area (Å²) in [5, 5.41) is 11.8. The Morgan fingerprint density at radius 3 is 2.05 bits per heavy atom.